The highest BCUT2D eigenvalue weighted by atomic mass is 16.3. The van der Waals surface area contributed by atoms with Crippen LogP contribution in [-0.2, 0) is 0 Å². The molecule has 3 rings (SSSR count). The van der Waals surface area contributed by atoms with Gasteiger partial charge in [0.05, 0.1) is 18.5 Å². The van der Waals surface area contributed by atoms with Gasteiger partial charge in [-0.1, -0.05) is 0 Å². The molecule has 0 aliphatic heterocycles. The molecule has 4 atom stereocenters. The summed E-state index contributed by atoms with van der Waals surface area (Å²) in [6.45, 7) is -0.225. The van der Waals surface area contributed by atoms with E-state index in [-0.39, 0.29) is 23.7 Å². The number of aliphatic hydroxyl groups is 3. The van der Waals surface area contributed by atoms with E-state index in [2.05, 4.69) is 15.0 Å². The number of rotatable bonds is 2. The van der Waals surface area contributed by atoms with Crippen molar-refractivity contribution in [2.24, 2.45) is 5.92 Å². The zero-order valence-corrected chi connectivity index (χ0v) is 10.5. The second-order valence-electron chi connectivity index (χ2n) is 5.00. The van der Waals surface area contributed by atoms with Crippen LogP contribution in [0.5, 0.6) is 0 Å². The summed E-state index contributed by atoms with van der Waals surface area (Å²) in [5.41, 5.74) is 5.42. The van der Waals surface area contributed by atoms with Gasteiger partial charge in [-0.2, -0.15) is 4.98 Å². The zero-order valence-electron chi connectivity index (χ0n) is 10.5. The molecular weight excluding hydrogens is 266 g/mol. The summed E-state index contributed by atoms with van der Waals surface area (Å²) in [5, 5.41) is 29.1. The van der Waals surface area contributed by atoms with Crippen molar-refractivity contribution in [3.8, 4) is 0 Å². The first-order chi connectivity index (χ1) is 9.52. The Balaban J connectivity index is 2.09. The monoisotopic (exact) mass is 281 g/mol. The number of aromatic nitrogens is 4. The summed E-state index contributed by atoms with van der Waals surface area (Å²) in [7, 11) is 0. The average molecular weight is 281 g/mol. The van der Waals surface area contributed by atoms with Crippen molar-refractivity contribution in [3.63, 3.8) is 0 Å². The number of nitrogen functional groups attached to an aromatic ring is 1. The number of nitrogens with zero attached hydrogens (tertiary/aromatic N) is 3. The number of nitrogens with one attached hydrogen (secondary N) is 1. The molecule has 0 saturated heterocycles. The molecule has 1 fully saturated rings. The molecule has 0 aromatic carbocycles. The van der Waals surface area contributed by atoms with Crippen molar-refractivity contribution in [2.75, 3.05) is 12.3 Å². The first-order valence-electron chi connectivity index (χ1n) is 6.22. The molecule has 0 spiro atoms. The van der Waals surface area contributed by atoms with Gasteiger partial charge in [0.15, 0.2) is 11.2 Å². The molecule has 0 radical (unpaired) electrons. The Morgan fingerprint density at radius 3 is 2.85 bits per heavy atom. The number of hydrogen-bond donors (Lipinski definition) is 5. The lowest BCUT2D eigenvalue weighted by molar-refractivity contribution is -0.00370. The van der Waals surface area contributed by atoms with Crippen LogP contribution in [0.2, 0.25) is 0 Å². The highest BCUT2D eigenvalue weighted by molar-refractivity contribution is 5.70. The maximum Gasteiger partial charge on any atom is 0.280 e. The van der Waals surface area contributed by atoms with Crippen LogP contribution in [-0.4, -0.2) is 53.7 Å². The Bertz CT molecular complexity index is 696. The van der Waals surface area contributed by atoms with Gasteiger partial charge in [0.25, 0.3) is 5.56 Å². The highest BCUT2D eigenvalue weighted by Gasteiger charge is 2.42. The third-order valence-electron chi connectivity index (χ3n) is 3.81. The van der Waals surface area contributed by atoms with E-state index in [1.807, 2.05) is 0 Å². The molecule has 1 saturated carbocycles. The van der Waals surface area contributed by atoms with E-state index in [1.54, 1.807) is 0 Å². The number of aromatic amines is 1. The standard InChI is InChI=1S/C11H15N5O4/c12-11-14-9-6(10(20)15-11)13-3-16(9)5-1-4(2-17)7(18)8(5)19/h3-5,7-8,17-19H,1-2H2,(H3,12,14,15,20)/t4-,5-,7?,8?/m1/s1. The van der Waals surface area contributed by atoms with Crippen molar-refractivity contribution in [2.45, 2.75) is 24.7 Å². The molecular formula is C11H15N5O4. The van der Waals surface area contributed by atoms with Crippen LogP contribution in [0.4, 0.5) is 5.95 Å². The smallest absolute Gasteiger partial charge is 0.280 e. The molecule has 2 heterocycles. The van der Waals surface area contributed by atoms with Crippen LogP contribution in [0.15, 0.2) is 11.1 Å². The van der Waals surface area contributed by atoms with Crippen molar-refractivity contribution in [1.29, 1.82) is 0 Å². The minimum atomic E-state index is -1.06. The Morgan fingerprint density at radius 1 is 1.45 bits per heavy atom. The second-order valence-corrected chi connectivity index (χ2v) is 5.00. The van der Waals surface area contributed by atoms with Crippen LogP contribution >= 0.6 is 0 Å². The van der Waals surface area contributed by atoms with Crippen LogP contribution in [0.25, 0.3) is 11.2 Å². The van der Waals surface area contributed by atoms with Gasteiger partial charge in [-0.05, 0) is 6.42 Å². The number of hydrogen-bond acceptors (Lipinski definition) is 7. The number of H-pyrrole nitrogens is 1. The van der Waals surface area contributed by atoms with E-state index in [0.717, 1.165) is 0 Å². The fraction of sp³-hybridized carbons (Fsp3) is 0.545. The molecule has 20 heavy (non-hydrogen) atoms. The first kappa shape index (κ1) is 13.0. The van der Waals surface area contributed by atoms with Crippen molar-refractivity contribution >= 4 is 17.1 Å². The number of imidazole rings is 1. The summed E-state index contributed by atoms with van der Waals surface area (Å²) in [4.78, 5) is 22.0. The van der Waals surface area contributed by atoms with Crippen molar-refractivity contribution in [3.05, 3.63) is 16.7 Å². The summed E-state index contributed by atoms with van der Waals surface area (Å²) in [6.07, 6.45) is -0.348. The third kappa shape index (κ3) is 1.79. The molecule has 2 aromatic rings. The largest absolute Gasteiger partial charge is 0.396 e. The molecule has 0 bridgehead atoms. The number of aliphatic hydroxyl groups excluding tert-OH is 3. The van der Waals surface area contributed by atoms with E-state index < -0.39 is 29.7 Å². The summed E-state index contributed by atoms with van der Waals surface area (Å²) < 4.78 is 1.52. The van der Waals surface area contributed by atoms with E-state index >= 15 is 0 Å². The lowest BCUT2D eigenvalue weighted by Crippen LogP contribution is -2.30. The first-order valence-corrected chi connectivity index (χ1v) is 6.22. The minimum absolute atomic E-state index is 0.0454. The van der Waals surface area contributed by atoms with Gasteiger partial charge in [0.1, 0.15) is 6.10 Å². The van der Waals surface area contributed by atoms with Gasteiger partial charge in [-0.25, -0.2) is 4.98 Å². The summed E-state index contributed by atoms with van der Waals surface area (Å²) >= 11 is 0. The van der Waals surface area contributed by atoms with Crippen LogP contribution in [0.1, 0.15) is 12.5 Å². The maximum absolute atomic E-state index is 11.7. The third-order valence-corrected chi connectivity index (χ3v) is 3.81. The van der Waals surface area contributed by atoms with Crippen LogP contribution in [0.3, 0.4) is 0 Å². The zero-order chi connectivity index (χ0) is 14.4. The normalized spacial score (nSPS) is 30.1. The van der Waals surface area contributed by atoms with E-state index in [4.69, 9.17) is 5.73 Å². The average Bonchev–Trinajstić information content (AvgIpc) is 2.93. The molecule has 2 aromatic heterocycles. The Hall–Kier alpha value is -1.97. The predicted octanol–water partition coefficient (Wildman–Crippen LogP) is -2.02. The molecule has 108 valence electrons. The predicted molar refractivity (Wildman–Crippen MR) is 68.8 cm³/mol. The molecule has 1 aliphatic carbocycles. The van der Waals surface area contributed by atoms with Gasteiger partial charge in [-0.15, -0.1) is 0 Å². The van der Waals surface area contributed by atoms with Gasteiger partial charge < -0.3 is 25.6 Å². The van der Waals surface area contributed by atoms with Gasteiger partial charge >= 0.3 is 0 Å². The molecule has 9 nitrogen and oxygen atoms in total. The van der Waals surface area contributed by atoms with Crippen LogP contribution < -0.4 is 11.3 Å². The SMILES string of the molecule is Nc1nc2c(ncn2[C@@H]2C[C@H](CO)C(O)C2O)c(=O)[nH]1. The lowest BCUT2D eigenvalue weighted by atomic mass is 10.1. The summed E-state index contributed by atoms with van der Waals surface area (Å²) in [5.74, 6) is -0.470. The van der Waals surface area contributed by atoms with Gasteiger partial charge in [0.2, 0.25) is 5.95 Å². The number of nitrogens with two attached hydrogens (primary N) is 1. The Labute approximate surface area is 112 Å². The second kappa shape index (κ2) is 4.54. The number of fused-ring (bicyclic) bond motifs is 1. The molecule has 2 unspecified atom stereocenters. The fourth-order valence-electron chi connectivity index (χ4n) is 2.74. The molecule has 0 amide bonds. The van der Waals surface area contributed by atoms with Crippen molar-refractivity contribution < 1.29 is 15.3 Å². The van der Waals surface area contributed by atoms with E-state index in [9.17, 15) is 20.1 Å². The minimum Gasteiger partial charge on any atom is -0.396 e. The highest BCUT2D eigenvalue weighted by Crippen LogP contribution is 2.36. The van der Waals surface area contributed by atoms with Gasteiger partial charge in [-0.3, -0.25) is 9.78 Å². The maximum atomic E-state index is 11.7. The van der Waals surface area contributed by atoms with E-state index in [0.29, 0.717) is 6.42 Å². The number of anilines is 1. The van der Waals surface area contributed by atoms with Crippen LogP contribution in [0, 0.1) is 5.92 Å². The summed E-state index contributed by atoms with van der Waals surface area (Å²) in [6, 6.07) is -0.513. The van der Waals surface area contributed by atoms with Gasteiger partial charge in [0, 0.05) is 12.5 Å². The fourth-order valence-corrected chi connectivity index (χ4v) is 2.74. The van der Waals surface area contributed by atoms with E-state index in [1.165, 1.54) is 10.9 Å². The Kier molecular flexibility index (Phi) is 2.96. The molecule has 9 heteroatoms. The molecule has 6 N–H and O–H groups in total. The lowest BCUT2D eigenvalue weighted by Gasteiger charge is -2.18. The van der Waals surface area contributed by atoms with Crippen molar-refractivity contribution in [1.82, 2.24) is 19.5 Å². The topological polar surface area (TPSA) is 150 Å². The quantitative estimate of drug-likeness (QED) is 0.426. The Morgan fingerprint density at radius 2 is 2.20 bits per heavy atom. The molecule has 1 aliphatic rings.